The van der Waals surface area contributed by atoms with Crippen molar-refractivity contribution in [3.05, 3.63) is 35.4 Å². The lowest BCUT2D eigenvalue weighted by Crippen LogP contribution is -2.30. The summed E-state index contributed by atoms with van der Waals surface area (Å²) in [5.74, 6) is 0.164. The Kier molecular flexibility index (Phi) is 4.45. The van der Waals surface area contributed by atoms with Crippen molar-refractivity contribution in [2.45, 2.75) is 20.3 Å². The van der Waals surface area contributed by atoms with Crippen molar-refractivity contribution in [3.8, 4) is 5.75 Å². The first-order chi connectivity index (χ1) is 9.49. The van der Waals surface area contributed by atoms with Gasteiger partial charge in [0.2, 0.25) is 0 Å². The average Bonchev–Trinajstić information content (AvgIpc) is 2.43. The third-order valence-electron chi connectivity index (χ3n) is 3.55. The van der Waals surface area contributed by atoms with Gasteiger partial charge < -0.3 is 15.2 Å². The summed E-state index contributed by atoms with van der Waals surface area (Å²) in [6, 6.07) is 7.95. The topological polar surface area (TPSA) is 58.6 Å². The van der Waals surface area contributed by atoms with E-state index in [4.69, 9.17) is 9.84 Å². The summed E-state index contributed by atoms with van der Waals surface area (Å²) >= 11 is 0. The van der Waals surface area contributed by atoms with Gasteiger partial charge in [-0.25, -0.2) is 0 Å². The molecule has 1 aliphatic rings. The summed E-state index contributed by atoms with van der Waals surface area (Å²) in [6.45, 7) is 5.49. The van der Waals surface area contributed by atoms with Gasteiger partial charge in [0.1, 0.15) is 12.4 Å². The van der Waals surface area contributed by atoms with Crippen molar-refractivity contribution in [1.29, 1.82) is 0 Å². The van der Waals surface area contributed by atoms with E-state index in [1.54, 1.807) is 13.8 Å². The summed E-state index contributed by atoms with van der Waals surface area (Å²) in [6.07, 6.45) is 2.74. The van der Waals surface area contributed by atoms with Crippen LogP contribution in [0.15, 0.2) is 29.8 Å². The third-order valence-corrected chi connectivity index (χ3v) is 3.55. The highest BCUT2D eigenvalue weighted by Gasteiger charge is 2.26. The van der Waals surface area contributed by atoms with E-state index in [2.05, 4.69) is 11.4 Å². The molecular formula is C16H21NO3. The predicted octanol–water partition coefficient (Wildman–Crippen LogP) is 2.55. The molecule has 0 atom stereocenters. The van der Waals surface area contributed by atoms with Crippen molar-refractivity contribution in [3.63, 3.8) is 0 Å². The summed E-state index contributed by atoms with van der Waals surface area (Å²) in [5, 5.41) is 12.3. The van der Waals surface area contributed by atoms with Crippen molar-refractivity contribution in [2.24, 2.45) is 5.41 Å². The molecule has 0 amide bonds. The van der Waals surface area contributed by atoms with Crippen LogP contribution in [0.1, 0.15) is 25.8 Å². The van der Waals surface area contributed by atoms with Gasteiger partial charge in [0.15, 0.2) is 0 Å². The number of rotatable bonds is 6. The number of carbonyl (C=O) groups is 1. The molecule has 1 aromatic carbocycles. The fourth-order valence-corrected chi connectivity index (χ4v) is 2.02. The lowest BCUT2D eigenvalue weighted by molar-refractivity contribution is -0.147. The van der Waals surface area contributed by atoms with Crippen molar-refractivity contribution in [1.82, 2.24) is 5.32 Å². The standard InChI is InChI=1S/C16H21NO3/c1-16(2,15(18)19)7-8-17-10-12-9-13-5-3-4-6-14(13)20-11-12/h3-6,9,17H,7-8,10-11H2,1-2H3,(H,18,19). The van der Waals surface area contributed by atoms with Crippen molar-refractivity contribution >= 4 is 12.0 Å². The fourth-order valence-electron chi connectivity index (χ4n) is 2.02. The van der Waals surface area contributed by atoms with E-state index >= 15 is 0 Å². The number of aliphatic carboxylic acids is 1. The van der Waals surface area contributed by atoms with Gasteiger partial charge in [-0.05, 0) is 44.5 Å². The lowest BCUT2D eigenvalue weighted by Gasteiger charge is -2.21. The summed E-state index contributed by atoms with van der Waals surface area (Å²) in [4.78, 5) is 11.0. The molecule has 1 heterocycles. The predicted molar refractivity (Wildman–Crippen MR) is 78.8 cm³/mol. The molecule has 1 aromatic rings. The zero-order chi connectivity index (χ0) is 14.6. The minimum Gasteiger partial charge on any atom is -0.489 e. The molecule has 0 bridgehead atoms. The summed E-state index contributed by atoms with van der Waals surface area (Å²) < 4.78 is 5.67. The van der Waals surface area contributed by atoms with E-state index < -0.39 is 11.4 Å². The highest BCUT2D eigenvalue weighted by Crippen LogP contribution is 2.25. The molecule has 0 unspecified atom stereocenters. The zero-order valence-corrected chi connectivity index (χ0v) is 12.0. The Morgan fingerprint density at radius 3 is 2.90 bits per heavy atom. The third kappa shape index (κ3) is 3.61. The van der Waals surface area contributed by atoms with Crippen LogP contribution in [0.2, 0.25) is 0 Å². The van der Waals surface area contributed by atoms with Gasteiger partial charge in [-0.2, -0.15) is 0 Å². The van der Waals surface area contributed by atoms with E-state index in [-0.39, 0.29) is 0 Å². The normalized spacial score (nSPS) is 14.2. The van der Waals surface area contributed by atoms with Crippen LogP contribution < -0.4 is 10.1 Å². The molecule has 1 aliphatic heterocycles. The van der Waals surface area contributed by atoms with Crippen LogP contribution in [0.4, 0.5) is 0 Å². The number of fused-ring (bicyclic) bond motifs is 1. The first-order valence-corrected chi connectivity index (χ1v) is 6.84. The van der Waals surface area contributed by atoms with Crippen LogP contribution in [-0.4, -0.2) is 30.8 Å². The molecular weight excluding hydrogens is 254 g/mol. The Morgan fingerprint density at radius 1 is 1.40 bits per heavy atom. The first-order valence-electron chi connectivity index (χ1n) is 6.84. The van der Waals surface area contributed by atoms with Gasteiger partial charge in [0.25, 0.3) is 0 Å². The van der Waals surface area contributed by atoms with Crippen molar-refractivity contribution in [2.75, 3.05) is 19.7 Å². The molecule has 0 aliphatic carbocycles. The van der Waals surface area contributed by atoms with Crippen LogP contribution in [0.25, 0.3) is 6.08 Å². The Morgan fingerprint density at radius 2 is 2.15 bits per heavy atom. The molecule has 2 N–H and O–H groups in total. The Labute approximate surface area is 119 Å². The maximum Gasteiger partial charge on any atom is 0.309 e. The van der Waals surface area contributed by atoms with Crippen LogP contribution in [0, 0.1) is 5.41 Å². The fraction of sp³-hybridized carbons (Fsp3) is 0.438. The molecule has 0 fully saturated rings. The minimum atomic E-state index is -0.756. The number of hydrogen-bond acceptors (Lipinski definition) is 3. The van der Waals surface area contributed by atoms with Gasteiger partial charge in [-0.15, -0.1) is 0 Å². The second-order valence-corrected chi connectivity index (χ2v) is 5.74. The molecule has 0 spiro atoms. The van der Waals surface area contributed by atoms with Crippen molar-refractivity contribution < 1.29 is 14.6 Å². The molecule has 20 heavy (non-hydrogen) atoms. The van der Waals surface area contributed by atoms with Crippen LogP contribution in [0.5, 0.6) is 5.75 Å². The van der Waals surface area contributed by atoms with Gasteiger partial charge in [-0.1, -0.05) is 18.2 Å². The summed E-state index contributed by atoms with van der Waals surface area (Å²) in [5.41, 5.74) is 1.59. The molecule has 108 valence electrons. The Balaban J connectivity index is 1.82. The van der Waals surface area contributed by atoms with Crippen LogP contribution >= 0.6 is 0 Å². The average molecular weight is 275 g/mol. The number of carboxylic acid groups (broad SMARTS) is 1. The Bertz CT molecular complexity index is 520. The maximum absolute atomic E-state index is 11.0. The molecule has 4 nitrogen and oxygen atoms in total. The van der Waals surface area contributed by atoms with Gasteiger partial charge in [0.05, 0.1) is 5.41 Å². The lowest BCUT2D eigenvalue weighted by atomic mass is 9.90. The van der Waals surface area contributed by atoms with E-state index in [1.807, 2.05) is 24.3 Å². The number of carboxylic acids is 1. The monoisotopic (exact) mass is 275 g/mol. The second kappa shape index (κ2) is 6.09. The number of ether oxygens (including phenoxy) is 1. The molecule has 0 saturated heterocycles. The number of para-hydroxylation sites is 1. The number of hydrogen-bond donors (Lipinski definition) is 2. The van der Waals surface area contributed by atoms with Crippen LogP contribution in [0.3, 0.4) is 0 Å². The molecule has 2 rings (SSSR count). The largest absolute Gasteiger partial charge is 0.489 e. The molecule has 0 radical (unpaired) electrons. The van der Waals surface area contributed by atoms with E-state index in [1.165, 1.54) is 5.57 Å². The van der Waals surface area contributed by atoms with Gasteiger partial charge in [-0.3, -0.25) is 4.79 Å². The van der Waals surface area contributed by atoms with Gasteiger partial charge >= 0.3 is 5.97 Å². The number of nitrogens with one attached hydrogen (secondary N) is 1. The SMILES string of the molecule is CC(C)(CCNCC1=Cc2ccccc2OC1)C(=O)O. The van der Waals surface area contributed by atoms with Gasteiger partial charge in [0, 0.05) is 12.1 Å². The molecule has 0 aromatic heterocycles. The molecule has 4 heteroatoms. The Hall–Kier alpha value is -1.81. The summed E-state index contributed by atoms with van der Waals surface area (Å²) in [7, 11) is 0. The van der Waals surface area contributed by atoms with E-state index in [0.717, 1.165) is 17.9 Å². The van der Waals surface area contributed by atoms with Crippen LogP contribution in [-0.2, 0) is 4.79 Å². The molecule has 0 saturated carbocycles. The van der Waals surface area contributed by atoms with E-state index in [9.17, 15) is 4.79 Å². The first kappa shape index (κ1) is 14.6. The quantitative estimate of drug-likeness (QED) is 0.783. The number of benzene rings is 1. The second-order valence-electron chi connectivity index (χ2n) is 5.74. The van der Waals surface area contributed by atoms with E-state index in [0.29, 0.717) is 19.6 Å². The maximum atomic E-state index is 11.0. The zero-order valence-electron chi connectivity index (χ0n) is 12.0. The highest BCUT2D eigenvalue weighted by atomic mass is 16.5. The minimum absolute atomic E-state index is 0.590. The smallest absolute Gasteiger partial charge is 0.309 e. The highest BCUT2D eigenvalue weighted by molar-refractivity contribution is 5.73.